The second-order valence-corrected chi connectivity index (χ2v) is 5.55. The minimum absolute atomic E-state index is 0.0578. The van der Waals surface area contributed by atoms with E-state index in [9.17, 15) is 14.9 Å². The zero-order valence-electron chi connectivity index (χ0n) is 11.9. The Morgan fingerprint density at radius 3 is 2.76 bits per heavy atom. The Bertz CT molecular complexity index is 538. The highest BCUT2D eigenvalue weighted by Crippen LogP contribution is 2.29. The minimum atomic E-state index is -0.873. The highest BCUT2D eigenvalue weighted by atomic mass is 79.9. The number of ether oxygens (including phenoxy) is 1. The van der Waals surface area contributed by atoms with Gasteiger partial charge in [-0.15, -0.1) is 0 Å². The maximum Gasteiger partial charge on any atom is 0.273 e. The molecule has 1 rings (SSSR count). The fraction of sp³-hybridized carbons (Fsp3) is 0.462. The first-order valence-electron chi connectivity index (χ1n) is 6.42. The summed E-state index contributed by atoms with van der Waals surface area (Å²) in [7, 11) is 0. The molecule has 0 fully saturated rings. The van der Waals surface area contributed by atoms with Gasteiger partial charge in [0.05, 0.1) is 27.6 Å². The maximum absolute atomic E-state index is 11.5. The van der Waals surface area contributed by atoms with Gasteiger partial charge in [-0.25, -0.2) is 0 Å². The number of benzene rings is 1. The van der Waals surface area contributed by atoms with Crippen LogP contribution in [0.1, 0.15) is 20.3 Å². The van der Waals surface area contributed by atoms with E-state index in [2.05, 4.69) is 21.2 Å². The van der Waals surface area contributed by atoms with Gasteiger partial charge in [0.15, 0.2) is 0 Å². The van der Waals surface area contributed by atoms with Crippen LogP contribution < -0.4 is 15.8 Å². The number of halogens is 1. The highest BCUT2D eigenvalue weighted by Gasteiger charge is 2.29. The van der Waals surface area contributed by atoms with Gasteiger partial charge in [-0.3, -0.25) is 14.9 Å². The third-order valence-corrected chi connectivity index (χ3v) is 3.75. The van der Waals surface area contributed by atoms with E-state index in [0.29, 0.717) is 23.2 Å². The number of nitro groups is 1. The van der Waals surface area contributed by atoms with Crippen molar-refractivity contribution in [2.24, 2.45) is 5.73 Å². The number of carbonyl (C=O) groups is 1. The molecule has 1 atom stereocenters. The number of nitrogens with zero attached hydrogens (tertiary/aromatic N) is 1. The molecule has 21 heavy (non-hydrogen) atoms. The van der Waals surface area contributed by atoms with Crippen LogP contribution in [0.5, 0.6) is 5.75 Å². The SMILES string of the molecule is CCNC(C)(CCOc1cc([N+](=O)[O-])ccc1Br)C(N)=O. The normalized spacial score (nSPS) is 13.5. The van der Waals surface area contributed by atoms with E-state index in [4.69, 9.17) is 10.5 Å². The van der Waals surface area contributed by atoms with Gasteiger partial charge in [-0.05, 0) is 35.5 Å². The van der Waals surface area contributed by atoms with E-state index in [1.54, 1.807) is 13.0 Å². The largest absolute Gasteiger partial charge is 0.492 e. The van der Waals surface area contributed by atoms with Crippen LogP contribution >= 0.6 is 15.9 Å². The number of nitro benzene ring substituents is 1. The number of nitrogens with one attached hydrogen (secondary N) is 1. The van der Waals surface area contributed by atoms with Crippen molar-refractivity contribution >= 4 is 27.5 Å². The molecule has 0 aliphatic heterocycles. The molecule has 0 aliphatic rings. The third kappa shape index (κ3) is 4.68. The molecule has 0 radical (unpaired) electrons. The summed E-state index contributed by atoms with van der Waals surface area (Å²) >= 11 is 3.27. The lowest BCUT2D eigenvalue weighted by molar-refractivity contribution is -0.385. The van der Waals surface area contributed by atoms with E-state index >= 15 is 0 Å². The average molecular weight is 360 g/mol. The topological polar surface area (TPSA) is 107 Å². The lowest BCUT2D eigenvalue weighted by atomic mass is 9.97. The Morgan fingerprint density at radius 2 is 2.24 bits per heavy atom. The third-order valence-electron chi connectivity index (χ3n) is 3.10. The Kier molecular flexibility index (Phi) is 6.10. The molecule has 0 aromatic heterocycles. The van der Waals surface area contributed by atoms with Gasteiger partial charge in [0.25, 0.3) is 5.69 Å². The van der Waals surface area contributed by atoms with E-state index < -0.39 is 16.4 Å². The van der Waals surface area contributed by atoms with Crippen molar-refractivity contribution < 1.29 is 14.5 Å². The first-order chi connectivity index (χ1) is 9.80. The predicted octanol–water partition coefficient (Wildman–Crippen LogP) is 1.98. The molecular formula is C13H18BrN3O4. The first kappa shape index (κ1) is 17.4. The molecule has 0 aliphatic carbocycles. The summed E-state index contributed by atoms with van der Waals surface area (Å²) in [5, 5.41) is 13.7. The van der Waals surface area contributed by atoms with Crippen molar-refractivity contribution in [1.29, 1.82) is 0 Å². The molecule has 8 heteroatoms. The molecule has 0 saturated heterocycles. The zero-order chi connectivity index (χ0) is 16.0. The molecule has 1 aromatic rings. The lowest BCUT2D eigenvalue weighted by Crippen LogP contribution is -2.53. The molecular weight excluding hydrogens is 342 g/mol. The van der Waals surface area contributed by atoms with Crippen LogP contribution in [-0.2, 0) is 4.79 Å². The summed E-state index contributed by atoms with van der Waals surface area (Å²) < 4.78 is 6.13. The predicted molar refractivity (Wildman–Crippen MR) is 82.2 cm³/mol. The standard InChI is InChI=1S/C13H18BrN3O4/c1-3-16-13(2,12(15)18)6-7-21-11-8-9(17(19)20)4-5-10(11)14/h4-5,8,16H,3,6-7H2,1-2H3,(H2,15,18). The van der Waals surface area contributed by atoms with Crippen molar-refractivity contribution in [1.82, 2.24) is 5.32 Å². The van der Waals surface area contributed by atoms with Gasteiger partial charge in [0.2, 0.25) is 5.91 Å². The van der Waals surface area contributed by atoms with Crippen molar-refractivity contribution in [2.75, 3.05) is 13.2 Å². The van der Waals surface area contributed by atoms with Crippen LogP contribution in [0.15, 0.2) is 22.7 Å². The van der Waals surface area contributed by atoms with Gasteiger partial charge in [-0.2, -0.15) is 0 Å². The summed E-state index contributed by atoms with van der Waals surface area (Å²) in [5.74, 6) is -0.112. The number of carbonyl (C=O) groups excluding carboxylic acids is 1. The molecule has 7 nitrogen and oxygen atoms in total. The van der Waals surface area contributed by atoms with Gasteiger partial charge in [-0.1, -0.05) is 6.92 Å². The molecule has 0 saturated carbocycles. The van der Waals surface area contributed by atoms with E-state index in [1.807, 2.05) is 6.92 Å². The Labute approximate surface area is 131 Å². The number of amides is 1. The van der Waals surface area contributed by atoms with E-state index in [-0.39, 0.29) is 12.3 Å². The summed E-state index contributed by atoms with van der Waals surface area (Å²) in [6, 6.07) is 4.26. The number of hydrogen-bond acceptors (Lipinski definition) is 5. The Hall–Kier alpha value is -1.67. The Morgan fingerprint density at radius 1 is 1.57 bits per heavy atom. The second-order valence-electron chi connectivity index (χ2n) is 4.70. The van der Waals surface area contributed by atoms with Crippen LogP contribution in [0.4, 0.5) is 5.69 Å². The number of nitrogens with two attached hydrogens (primary N) is 1. The number of primary amides is 1. The summed E-state index contributed by atoms with van der Waals surface area (Å²) in [5.41, 5.74) is 4.44. The molecule has 116 valence electrons. The lowest BCUT2D eigenvalue weighted by Gasteiger charge is -2.26. The fourth-order valence-electron chi connectivity index (χ4n) is 1.77. The van der Waals surface area contributed by atoms with Crippen LogP contribution in [0.3, 0.4) is 0 Å². The first-order valence-corrected chi connectivity index (χ1v) is 7.21. The summed E-state index contributed by atoms with van der Waals surface area (Å²) in [6.07, 6.45) is 0.352. The van der Waals surface area contributed by atoms with Gasteiger partial charge in [0.1, 0.15) is 5.75 Å². The summed E-state index contributed by atoms with van der Waals surface area (Å²) in [4.78, 5) is 21.7. The van der Waals surface area contributed by atoms with E-state index in [0.717, 1.165) is 0 Å². The van der Waals surface area contributed by atoms with Gasteiger partial charge < -0.3 is 15.8 Å². The smallest absolute Gasteiger partial charge is 0.273 e. The van der Waals surface area contributed by atoms with Crippen molar-refractivity contribution in [3.63, 3.8) is 0 Å². The van der Waals surface area contributed by atoms with E-state index in [1.165, 1.54) is 12.1 Å². The van der Waals surface area contributed by atoms with Crippen molar-refractivity contribution in [3.05, 3.63) is 32.8 Å². The Balaban J connectivity index is 2.73. The van der Waals surface area contributed by atoms with Crippen LogP contribution in [-0.4, -0.2) is 29.5 Å². The van der Waals surface area contributed by atoms with Gasteiger partial charge >= 0.3 is 0 Å². The van der Waals surface area contributed by atoms with Crippen LogP contribution in [0, 0.1) is 10.1 Å². The van der Waals surface area contributed by atoms with Crippen molar-refractivity contribution in [3.8, 4) is 5.75 Å². The molecule has 0 bridgehead atoms. The minimum Gasteiger partial charge on any atom is -0.492 e. The number of non-ortho nitro benzene ring substituents is 1. The fourth-order valence-corrected chi connectivity index (χ4v) is 2.13. The monoisotopic (exact) mass is 359 g/mol. The highest BCUT2D eigenvalue weighted by molar-refractivity contribution is 9.10. The van der Waals surface area contributed by atoms with Crippen molar-refractivity contribution in [2.45, 2.75) is 25.8 Å². The quantitative estimate of drug-likeness (QED) is 0.544. The number of rotatable bonds is 8. The molecule has 0 heterocycles. The van der Waals surface area contributed by atoms with Crippen LogP contribution in [0.2, 0.25) is 0 Å². The number of hydrogen-bond donors (Lipinski definition) is 2. The molecule has 1 amide bonds. The molecule has 3 N–H and O–H groups in total. The zero-order valence-corrected chi connectivity index (χ0v) is 13.5. The van der Waals surface area contributed by atoms with Crippen LogP contribution in [0.25, 0.3) is 0 Å². The second kappa shape index (κ2) is 7.37. The van der Waals surface area contributed by atoms with Gasteiger partial charge in [0, 0.05) is 12.5 Å². The average Bonchev–Trinajstić information content (AvgIpc) is 2.40. The number of likely N-dealkylation sites (N-methyl/N-ethyl adjacent to an activating group) is 1. The molecule has 1 unspecified atom stereocenters. The molecule has 1 aromatic carbocycles. The molecule has 0 spiro atoms. The summed E-state index contributed by atoms with van der Waals surface area (Å²) in [6.45, 7) is 4.37. The maximum atomic E-state index is 11.5.